The Bertz CT molecular complexity index is 424. The van der Waals surface area contributed by atoms with Crippen molar-refractivity contribution < 1.29 is 4.42 Å². The number of halogens is 1. The lowest BCUT2D eigenvalue weighted by atomic mass is 10.2. The van der Waals surface area contributed by atoms with Crippen LogP contribution in [0.1, 0.15) is 23.6 Å². The van der Waals surface area contributed by atoms with Gasteiger partial charge in [-0.1, -0.05) is 0 Å². The van der Waals surface area contributed by atoms with Gasteiger partial charge in [0.05, 0.1) is 6.26 Å². The van der Waals surface area contributed by atoms with Crippen molar-refractivity contribution in [3.63, 3.8) is 0 Å². The minimum Gasteiger partial charge on any atom is -0.469 e. The van der Waals surface area contributed by atoms with Crippen molar-refractivity contribution in [2.75, 3.05) is 6.54 Å². The van der Waals surface area contributed by atoms with Crippen LogP contribution < -0.4 is 5.32 Å². The molecule has 1 atom stereocenters. The summed E-state index contributed by atoms with van der Waals surface area (Å²) < 4.78 is 6.47. The summed E-state index contributed by atoms with van der Waals surface area (Å²) in [5, 5.41) is 5.59. The monoisotopic (exact) mass is 299 g/mol. The van der Waals surface area contributed by atoms with Crippen molar-refractivity contribution in [3.05, 3.63) is 45.0 Å². The van der Waals surface area contributed by atoms with Gasteiger partial charge in [0.1, 0.15) is 5.76 Å². The summed E-state index contributed by atoms with van der Waals surface area (Å²) >= 11 is 5.32. The maximum atomic E-state index is 5.28. The van der Waals surface area contributed by atoms with Crippen LogP contribution in [0.3, 0.4) is 0 Å². The Kier molecular flexibility index (Phi) is 4.21. The van der Waals surface area contributed by atoms with E-state index in [0.29, 0.717) is 6.04 Å². The third kappa shape index (κ3) is 2.97. The first-order valence-electron chi connectivity index (χ1n) is 5.26. The number of thiophene rings is 1. The van der Waals surface area contributed by atoms with Gasteiger partial charge in [0.25, 0.3) is 0 Å². The fraction of sp³-hybridized carbons (Fsp3) is 0.333. The summed E-state index contributed by atoms with van der Waals surface area (Å²) in [7, 11) is 0. The van der Waals surface area contributed by atoms with Crippen molar-refractivity contribution in [2.45, 2.75) is 19.4 Å². The van der Waals surface area contributed by atoms with Crippen molar-refractivity contribution >= 4 is 27.3 Å². The minimum atomic E-state index is 0.379. The smallest absolute Gasteiger partial charge is 0.105 e. The van der Waals surface area contributed by atoms with Crippen LogP contribution in [0.4, 0.5) is 0 Å². The molecule has 2 nitrogen and oxygen atoms in total. The lowest BCUT2D eigenvalue weighted by Gasteiger charge is -2.12. The molecule has 2 heterocycles. The molecule has 0 saturated carbocycles. The molecule has 0 bridgehead atoms. The first kappa shape index (κ1) is 11.9. The Morgan fingerprint density at radius 3 is 3.00 bits per heavy atom. The molecule has 1 N–H and O–H groups in total. The van der Waals surface area contributed by atoms with E-state index in [2.05, 4.69) is 39.6 Å². The highest BCUT2D eigenvalue weighted by atomic mass is 79.9. The van der Waals surface area contributed by atoms with E-state index >= 15 is 0 Å². The van der Waals surface area contributed by atoms with Crippen molar-refractivity contribution in [3.8, 4) is 0 Å². The second kappa shape index (κ2) is 5.66. The Hall–Kier alpha value is -0.580. The highest BCUT2D eigenvalue weighted by Crippen LogP contribution is 2.28. The van der Waals surface area contributed by atoms with Gasteiger partial charge in [-0.25, -0.2) is 0 Å². The van der Waals surface area contributed by atoms with E-state index in [1.807, 2.05) is 12.1 Å². The molecule has 1 unspecified atom stereocenters. The second-order valence-corrected chi connectivity index (χ2v) is 5.44. The SMILES string of the molecule is CC(NCCc1ccco1)c1sccc1Br. The fourth-order valence-electron chi connectivity index (χ4n) is 1.57. The zero-order chi connectivity index (χ0) is 11.4. The molecular formula is C12H14BrNOS. The number of rotatable bonds is 5. The zero-order valence-electron chi connectivity index (χ0n) is 9.07. The Labute approximate surface area is 108 Å². The van der Waals surface area contributed by atoms with E-state index in [0.717, 1.165) is 18.7 Å². The largest absolute Gasteiger partial charge is 0.469 e. The number of hydrogen-bond acceptors (Lipinski definition) is 3. The van der Waals surface area contributed by atoms with E-state index in [1.165, 1.54) is 9.35 Å². The van der Waals surface area contributed by atoms with Crippen molar-refractivity contribution in [2.24, 2.45) is 0 Å². The Morgan fingerprint density at radius 2 is 2.38 bits per heavy atom. The first-order chi connectivity index (χ1) is 7.77. The molecule has 2 aromatic rings. The van der Waals surface area contributed by atoms with Gasteiger partial charge in [0.15, 0.2) is 0 Å². The highest BCUT2D eigenvalue weighted by molar-refractivity contribution is 9.10. The predicted octanol–water partition coefficient (Wildman–Crippen LogP) is 4.00. The highest BCUT2D eigenvalue weighted by Gasteiger charge is 2.09. The lowest BCUT2D eigenvalue weighted by molar-refractivity contribution is 0.487. The lowest BCUT2D eigenvalue weighted by Crippen LogP contribution is -2.20. The second-order valence-electron chi connectivity index (χ2n) is 3.64. The summed E-state index contributed by atoms with van der Waals surface area (Å²) in [6.45, 7) is 3.11. The number of nitrogens with one attached hydrogen (secondary N) is 1. The third-order valence-corrected chi connectivity index (χ3v) is 4.49. The van der Waals surface area contributed by atoms with Crippen LogP contribution >= 0.6 is 27.3 Å². The molecule has 0 aliphatic carbocycles. The summed E-state index contributed by atoms with van der Waals surface area (Å²) in [5.74, 6) is 1.03. The predicted molar refractivity (Wildman–Crippen MR) is 70.8 cm³/mol. The zero-order valence-corrected chi connectivity index (χ0v) is 11.5. The molecule has 2 aromatic heterocycles. The maximum Gasteiger partial charge on any atom is 0.105 e. The molecule has 0 aromatic carbocycles. The van der Waals surface area contributed by atoms with Gasteiger partial charge in [0.2, 0.25) is 0 Å². The molecule has 0 spiro atoms. The van der Waals surface area contributed by atoms with Crippen molar-refractivity contribution in [1.29, 1.82) is 0 Å². The van der Waals surface area contributed by atoms with Crippen LogP contribution in [0.2, 0.25) is 0 Å². The number of hydrogen-bond donors (Lipinski definition) is 1. The molecule has 4 heteroatoms. The molecule has 0 amide bonds. The average Bonchev–Trinajstić information content (AvgIpc) is 2.88. The Balaban J connectivity index is 1.80. The van der Waals surface area contributed by atoms with Gasteiger partial charge in [-0.2, -0.15) is 0 Å². The molecule has 16 heavy (non-hydrogen) atoms. The van der Waals surface area contributed by atoms with Gasteiger partial charge < -0.3 is 9.73 Å². The van der Waals surface area contributed by atoms with Crippen molar-refractivity contribution in [1.82, 2.24) is 5.32 Å². The molecular weight excluding hydrogens is 286 g/mol. The van der Waals surface area contributed by atoms with E-state index in [1.54, 1.807) is 17.6 Å². The normalized spacial score (nSPS) is 12.9. The van der Waals surface area contributed by atoms with Crippen LogP contribution in [0, 0.1) is 0 Å². The van der Waals surface area contributed by atoms with Gasteiger partial charge in [0, 0.05) is 28.4 Å². The van der Waals surface area contributed by atoms with Crippen LogP contribution in [0.15, 0.2) is 38.7 Å². The molecule has 0 radical (unpaired) electrons. The third-order valence-electron chi connectivity index (χ3n) is 2.44. The molecule has 0 fully saturated rings. The average molecular weight is 300 g/mol. The van der Waals surface area contributed by atoms with Crippen LogP contribution in [0.5, 0.6) is 0 Å². The van der Waals surface area contributed by atoms with Crippen LogP contribution in [-0.4, -0.2) is 6.54 Å². The van der Waals surface area contributed by atoms with E-state index in [-0.39, 0.29) is 0 Å². The van der Waals surface area contributed by atoms with Gasteiger partial charge in [-0.05, 0) is 46.4 Å². The first-order valence-corrected chi connectivity index (χ1v) is 6.93. The quantitative estimate of drug-likeness (QED) is 0.903. The standard InChI is InChI=1S/C12H14BrNOS/c1-9(12-11(13)5-8-16-12)14-6-4-10-3-2-7-15-10/h2-3,5,7-9,14H,4,6H2,1H3. The van der Waals surface area contributed by atoms with Crippen LogP contribution in [0.25, 0.3) is 0 Å². The number of furan rings is 1. The van der Waals surface area contributed by atoms with Crippen LogP contribution in [-0.2, 0) is 6.42 Å². The topological polar surface area (TPSA) is 25.2 Å². The van der Waals surface area contributed by atoms with Gasteiger partial charge >= 0.3 is 0 Å². The fourth-order valence-corrected chi connectivity index (χ4v) is 3.32. The van der Waals surface area contributed by atoms with E-state index in [4.69, 9.17) is 4.42 Å². The van der Waals surface area contributed by atoms with E-state index in [9.17, 15) is 0 Å². The minimum absolute atomic E-state index is 0.379. The van der Waals surface area contributed by atoms with Gasteiger partial charge in [-0.15, -0.1) is 11.3 Å². The molecule has 0 saturated heterocycles. The Morgan fingerprint density at radius 1 is 1.50 bits per heavy atom. The molecule has 2 rings (SSSR count). The van der Waals surface area contributed by atoms with E-state index < -0.39 is 0 Å². The van der Waals surface area contributed by atoms with Gasteiger partial charge in [-0.3, -0.25) is 0 Å². The summed E-state index contributed by atoms with van der Waals surface area (Å²) in [4.78, 5) is 1.35. The maximum absolute atomic E-state index is 5.28. The molecule has 86 valence electrons. The molecule has 0 aliphatic heterocycles. The summed E-state index contributed by atoms with van der Waals surface area (Å²) in [6, 6.07) is 6.40. The summed E-state index contributed by atoms with van der Waals surface area (Å²) in [5.41, 5.74) is 0. The summed E-state index contributed by atoms with van der Waals surface area (Å²) in [6.07, 6.45) is 2.65. The molecule has 0 aliphatic rings.